The van der Waals surface area contributed by atoms with Gasteiger partial charge in [0.1, 0.15) is 12.4 Å². The molecule has 0 saturated heterocycles. The molecule has 1 atom stereocenters. The van der Waals surface area contributed by atoms with Crippen LogP contribution in [0.2, 0.25) is 5.02 Å². The molecular formula is C23H18ClN3O4S. The molecule has 0 saturated carbocycles. The van der Waals surface area contributed by atoms with Gasteiger partial charge in [-0.05, 0) is 35.4 Å². The Balaban J connectivity index is 1.50. The van der Waals surface area contributed by atoms with Crippen molar-refractivity contribution >= 4 is 39.6 Å². The normalized spacial score (nSPS) is 15.3. The Morgan fingerprint density at radius 2 is 2.09 bits per heavy atom. The van der Waals surface area contributed by atoms with Gasteiger partial charge in [-0.1, -0.05) is 29.8 Å². The quantitative estimate of drug-likeness (QED) is 0.468. The molecule has 9 heteroatoms. The summed E-state index contributed by atoms with van der Waals surface area (Å²) in [5.41, 5.74) is 1.84. The zero-order valence-electron chi connectivity index (χ0n) is 17.0. The van der Waals surface area contributed by atoms with Gasteiger partial charge in [0.2, 0.25) is 5.91 Å². The van der Waals surface area contributed by atoms with E-state index in [1.54, 1.807) is 29.8 Å². The monoisotopic (exact) mass is 467 g/mol. The van der Waals surface area contributed by atoms with E-state index < -0.39 is 5.92 Å². The maximum atomic E-state index is 12.8. The van der Waals surface area contributed by atoms with Crippen LogP contribution in [-0.4, -0.2) is 22.4 Å². The van der Waals surface area contributed by atoms with Gasteiger partial charge in [0, 0.05) is 28.9 Å². The number of nitrogens with zero attached hydrogens (tertiary/aromatic N) is 2. The molecule has 32 heavy (non-hydrogen) atoms. The van der Waals surface area contributed by atoms with Gasteiger partial charge >= 0.3 is 0 Å². The van der Waals surface area contributed by atoms with Crippen LogP contribution in [0.4, 0.5) is 5.82 Å². The van der Waals surface area contributed by atoms with Crippen LogP contribution in [0.1, 0.15) is 29.0 Å². The van der Waals surface area contributed by atoms with Crippen molar-refractivity contribution in [3.63, 3.8) is 0 Å². The highest BCUT2D eigenvalue weighted by Crippen LogP contribution is 2.39. The fourth-order valence-corrected chi connectivity index (χ4v) is 4.82. The third-order valence-electron chi connectivity index (χ3n) is 5.38. The average molecular weight is 468 g/mol. The van der Waals surface area contributed by atoms with Gasteiger partial charge in [0.05, 0.1) is 12.7 Å². The second-order valence-electron chi connectivity index (χ2n) is 7.37. The lowest BCUT2D eigenvalue weighted by Gasteiger charge is -2.26. The van der Waals surface area contributed by atoms with Gasteiger partial charge in [0.25, 0.3) is 5.56 Å². The molecule has 2 aromatic heterocycles. The highest BCUT2D eigenvalue weighted by Gasteiger charge is 2.32. The molecule has 0 spiro atoms. The van der Waals surface area contributed by atoms with Crippen molar-refractivity contribution in [2.75, 3.05) is 12.4 Å². The molecule has 0 radical (unpaired) electrons. The maximum absolute atomic E-state index is 12.8. The molecule has 7 nitrogen and oxygen atoms in total. The van der Waals surface area contributed by atoms with Gasteiger partial charge in [-0.25, -0.2) is 0 Å². The maximum Gasteiger partial charge on any atom is 0.279 e. The van der Waals surface area contributed by atoms with Gasteiger partial charge in [-0.2, -0.15) is 4.98 Å². The van der Waals surface area contributed by atoms with Gasteiger partial charge < -0.3 is 14.8 Å². The predicted molar refractivity (Wildman–Crippen MR) is 123 cm³/mol. The summed E-state index contributed by atoms with van der Waals surface area (Å²) in [6, 6.07) is 12.9. The first-order chi connectivity index (χ1) is 15.5. The number of ether oxygens (including phenoxy) is 2. The van der Waals surface area contributed by atoms with Crippen molar-refractivity contribution in [1.82, 2.24) is 9.38 Å². The van der Waals surface area contributed by atoms with E-state index in [0.29, 0.717) is 39.5 Å². The summed E-state index contributed by atoms with van der Waals surface area (Å²) >= 11 is 7.38. The van der Waals surface area contributed by atoms with Crippen molar-refractivity contribution in [2.45, 2.75) is 18.9 Å². The Morgan fingerprint density at radius 3 is 2.91 bits per heavy atom. The van der Waals surface area contributed by atoms with E-state index in [4.69, 9.17) is 21.1 Å². The number of hydrogen-bond acceptors (Lipinski definition) is 6. The van der Waals surface area contributed by atoms with Crippen LogP contribution in [-0.2, 0) is 11.4 Å². The molecule has 0 fully saturated rings. The van der Waals surface area contributed by atoms with Crippen LogP contribution < -0.4 is 20.3 Å². The lowest BCUT2D eigenvalue weighted by atomic mass is 9.86. The lowest BCUT2D eigenvalue weighted by Crippen LogP contribution is -2.31. The Kier molecular flexibility index (Phi) is 5.32. The zero-order chi connectivity index (χ0) is 22.2. The third kappa shape index (κ3) is 3.72. The molecule has 0 aliphatic carbocycles. The number of benzene rings is 2. The number of hydrogen-bond donors (Lipinski definition) is 1. The van der Waals surface area contributed by atoms with Crippen molar-refractivity contribution in [2.24, 2.45) is 0 Å². The van der Waals surface area contributed by atoms with E-state index in [0.717, 1.165) is 11.1 Å². The number of carbonyl (C=O) groups excluding carboxylic acids is 1. The minimum Gasteiger partial charge on any atom is -0.493 e. The SMILES string of the molecule is COc1cc([C@H]2CC(=O)Nc3c2c(=O)nc2sccn32)ccc1OCc1cccc(Cl)c1. The number of anilines is 1. The standard InChI is InChI=1S/C23H18ClN3O4S/c1-30-18-10-14(5-6-17(18)31-12-13-3-2-4-15(24)9-13)16-11-19(28)25-21-20(16)22(29)26-23-27(21)7-8-32-23/h2-10,16H,11-12H2,1H3,(H,25,28)/t16-/m1/s1. The molecular weight excluding hydrogens is 450 g/mol. The van der Waals surface area contributed by atoms with Gasteiger partial charge in [0.15, 0.2) is 16.5 Å². The van der Waals surface area contributed by atoms with E-state index in [2.05, 4.69) is 10.3 Å². The molecule has 3 heterocycles. The molecule has 1 aliphatic heterocycles. The predicted octanol–water partition coefficient (Wildman–Crippen LogP) is 4.47. The number of carbonyl (C=O) groups is 1. The molecule has 5 rings (SSSR count). The van der Waals surface area contributed by atoms with Crippen LogP contribution in [0.25, 0.3) is 4.96 Å². The number of thiazole rings is 1. The molecule has 4 aromatic rings. The van der Waals surface area contributed by atoms with E-state index >= 15 is 0 Å². The number of amides is 1. The van der Waals surface area contributed by atoms with Crippen LogP contribution >= 0.6 is 22.9 Å². The summed E-state index contributed by atoms with van der Waals surface area (Å²) in [5.74, 6) is 0.948. The average Bonchev–Trinajstić information content (AvgIpc) is 3.25. The molecule has 162 valence electrons. The summed E-state index contributed by atoms with van der Waals surface area (Å²) in [6.07, 6.45) is 1.94. The van der Waals surface area contributed by atoms with Crippen LogP contribution in [0.5, 0.6) is 11.5 Å². The number of fused-ring (bicyclic) bond motifs is 3. The number of aromatic nitrogens is 2. The molecule has 0 unspecified atom stereocenters. The summed E-state index contributed by atoms with van der Waals surface area (Å²) < 4.78 is 13.2. The van der Waals surface area contributed by atoms with E-state index in [1.807, 2.05) is 35.7 Å². The van der Waals surface area contributed by atoms with Crippen molar-refractivity contribution < 1.29 is 14.3 Å². The van der Waals surface area contributed by atoms with E-state index in [-0.39, 0.29) is 17.9 Å². The van der Waals surface area contributed by atoms with Crippen LogP contribution in [0.15, 0.2) is 58.8 Å². The summed E-state index contributed by atoms with van der Waals surface area (Å²) in [6.45, 7) is 0.326. The first kappa shape index (κ1) is 20.5. The molecule has 1 N–H and O–H groups in total. The first-order valence-corrected chi connectivity index (χ1v) is 11.1. The minimum absolute atomic E-state index is 0.145. The first-order valence-electron chi connectivity index (χ1n) is 9.88. The second kappa shape index (κ2) is 8.29. The fraction of sp³-hybridized carbons (Fsp3) is 0.174. The number of rotatable bonds is 5. The zero-order valence-corrected chi connectivity index (χ0v) is 18.6. The Hall–Kier alpha value is -3.36. The lowest BCUT2D eigenvalue weighted by molar-refractivity contribution is -0.116. The molecule has 1 amide bonds. The summed E-state index contributed by atoms with van der Waals surface area (Å²) in [4.78, 5) is 30.0. The number of halogens is 1. The smallest absolute Gasteiger partial charge is 0.279 e. The van der Waals surface area contributed by atoms with Crippen LogP contribution in [0.3, 0.4) is 0 Å². The van der Waals surface area contributed by atoms with Crippen LogP contribution in [0, 0.1) is 0 Å². The second-order valence-corrected chi connectivity index (χ2v) is 8.68. The molecule has 0 bridgehead atoms. The third-order valence-corrected chi connectivity index (χ3v) is 6.37. The van der Waals surface area contributed by atoms with Crippen molar-refractivity contribution in [3.05, 3.63) is 86.1 Å². The largest absolute Gasteiger partial charge is 0.493 e. The Morgan fingerprint density at radius 1 is 1.22 bits per heavy atom. The van der Waals surface area contributed by atoms with Crippen molar-refractivity contribution in [1.29, 1.82) is 0 Å². The van der Waals surface area contributed by atoms with Gasteiger partial charge in [-0.3, -0.25) is 14.0 Å². The topological polar surface area (TPSA) is 81.9 Å². The summed E-state index contributed by atoms with van der Waals surface area (Å²) in [5, 5.41) is 5.30. The number of methoxy groups -OCH3 is 1. The highest BCUT2D eigenvalue weighted by molar-refractivity contribution is 7.15. The highest BCUT2D eigenvalue weighted by atomic mass is 35.5. The Labute approximate surface area is 192 Å². The van der Waals surface area contributed by atoms with E-state index in [1.165, 1.54) is 11.3 Å². The van der Waals surface area contributed by atoms with Gasteiger partial charge in [-0.15, -0.1) is 11.3 Å². The summed E-state index contributed by atoms with van der Waals surface area (Å²) in [7, 11) is 1.55. The minimum atomic E-state index is -0.438. The fourth-order valence-electron chi connectivity index (χ4n) is 3.91. The molecule has 1 aliphatic rings. The van der Waals surface area contributed by atoms with Crippen molar-refractivity contribution in [3.8, 4) is 11.5 Å². The number of nitrogens with one attached hydrogen (secondary N) is 1. The van der Waals surface area contributed by atoms with E-state index in [9.17, 15) is 9.59 Å². The molecule has 2 aromatic carbocycles. The Bertz CT molecular complexity index is 1400.